The lowest BCUT2D eigenvalue weighted by atomic mass is 10.0. The molecule has 10 rings (SSSR count). The second kappa shape index (κ2) is 10.5. The molecule has 7 aromatic carbocycles. The van der Waals surface area contributed by atoms with Crippen LogP contribution in [0.5, 0.6) is 11.5 Å². The minimum absolute atomic E-state index is 0.973. The first-order valence-electron chi connectivity index (χ1n) is 15.8. The zero-order valence-corrected chi connectivity index (χ0v) is 27.9. The van der Waals surface area contributed by atoms with Crippen LogP contribution in [-0.4, -0.2) is 8.07 Å². The number of anilines is 3. The van der Waals surface area contributed by atoms with Crippen LogP contribution in [-0.2, 0) is 0 Å². The molecule has 0 amide bonds. The number of ether oxygens (including phenoxy) is 1. The maximum Gasteiger partial charge on any atom is 0.190 e. The van der Waals surface area contributed by atoms with E-state index in [2.05, 4.69) is 169 Å². The average molecular weight is 654 g/mol. The molecule has 0 saturated carbocycles. The van der Waals surface area contributed by atoms with Crippen molar-refractivity contribution in [3.8, 4) is 22.6 Å². The first kappa shape index (κ1) is 27.2. The zero-order chi connectivity index (χ0) is 31.0. The highest BCUT2D eigenvalue weighted by molar-refractivity contribution is 8.00. The Morgan fingerprint density at radius 3 is 1.55 bits per heavy atom. The summed E-state index contributed by atoms with van der Waals surface area (Å²) >= 11 is 3.74. The summed E-state index contributed by atoms with van der Waals surface area (Å²) in [4.78, 5) is 7.62. The van der Waals surface area contributed by atoms with Crippen LogP contribution >= 0.6 is 23.5 Å². The molecule has 0 unspecified atom stereocenters. The highest BCUT2D eigenvalue weighted by atomic mass is 32.2. The molecular formula is C42H27NOS2Si. The maximum absolute atomic E-state index is 6.59. The van der Waals surface area contributed by atoms with E-state index in [1.165, 1.54) is 62.8 Å². The van der Waals surface area contributed by atoms with Gasteiger partial charge in [0, 0.05) is 25.3 Å². The van der Waals surface area contributed by atoms with Gasteiger partial charge >= 0.3 is 0 Å². The van der Waals surface area contributed by atoms with Gasteiger partial charge in [-0.05, 0) is 92.5 Å². The molecule has 3 aliphatic heterocycles. The number of benzene rings is 7. The third kappa shape index (κ3) is 4.00. The Kier molecular flexibility index (Phi) is 6.10. The summed E-state index contributed by atoms with van der Waals surface area (Å²) in [6.07, 6.45) is 0. The first-order valence-corrected chi connectivity index (χ1v) is 19.5. The Bertz CT molecular complexity index is 2220. The van der Waals surface area contributed by atoms with Crippen LogP contribution in [0.3, 0.4) is 0 Å². The van der Waals surface area contributed by atoms with Gasteiger partial charge in [-0.25, -0.2) is 0 Å². The van der Waals surface area contributed by atoms with E-state index in [9.17, 15) is 0 Å². The lowest BCUT2D eigenvalue weighted by molar-refractivity contribution is 0.487. The van der Waals surface area contributed by atoms with Crippen LogP contribution in [0, 0.1) is 0 Å². The van der Waals surface area contributed by atoms with Gasteiger partial charge in [0.05, 0.1) is 11.4 Å². The molecule has 3 heterocycles. The molecular weight excluding hydrogens is 627 g/mol. The van der Waals surface area contributed by atoms with Crippen molar-refractivity contribution in [3.05, 3.63) is 164 Å². The summed E-state index contributed by atoms with van der Waals surface area (Å²) < 4.78 is 6.59. The molecule has 0 bridgehead atoms. The fourth-order valence-corrected chi connectivity index (χ4v) is 15.8. The molecule has 0 radical (unpaired) electrons. The monoisotopic (exact) mass is 653 g/mol. The SMILES string of the molecule is c1ccc2c(c1)Oc1ccccc1[Si]21c2ccccc2Sc2ccc(-c3ccc(N4c5ccccc5Sc5ccccc54)cc3)cc21. The molecule has 0 N–H and O–H groups in total. The summed E-state index contributed by atoms with van der Waals surface area (Å²) in [6.45, 7) is 0. The average Bonchev–Trinajstić information content (AvgIpc) is 3.14. The highest BCUT2D eigenvalue weighted by Crippen LogP contribution is 2.51. The molecule has 222 valence electrons. The molecule has 7 aromatic rings. The lowest BCUT2D eigenvalue weighted by Crippen LogP contribution is -2.77. The van der Waals surface area contributed by atoms with Crippen LogP contribution < -0.4 is 30.4 Å². The Morgan fingerprint density at radius 1 is 0.404 bits per heavy atom. The summed E-state index contributed by atoms with van der Waals surface area (Å²) in [5, 5.41) is 5.51. The predicted molar refractivity (Wildman–Crippen MR) is 198 cm³/mol. The number of hydrogen-bond donors (Lipinski definition) is 0. The highest BCUT2D eigenvalue weighted by Gasteiger charge is 2.52. The molecule has 47 heavy (non-hydrogen) atoms. The van der Waals surface area contributed by atoms with Gasteiger partial charge in [-0.1, -0.05) is 127 Å². The Hall–Kier alpha value is -4.94. The minimum atomic E-state index is -2.69. The molecule has 1 spiro atoms. The molecule has 0 fully saturated rings. The maximum atomic E-state index is 6.59. The van der Waals surface area contributed by atoms with Gasteiger partial charge in [-0.15, -0.1) is 0 Å². The van der Waals surface area contributed by atoms with Crippen molar-refractivity contribution in [3.63, 3.8) is 0 Å². The van der Waals surface area contributed by atoms with Crippen molar-refractivity contribution >= 4 is 69.4 Å². The van der Waals surface area contributed by atoms with E-state index in [0.717, 1.165) is 17.2 Å². The Labute approximate surface area is 283 Å². The van der Waals surface area contributed by atoms with Crippen molar-refractivity contribution < 1.29 is 4.74 Å². The largest absolute Gasteiger partial charge is 0.458 e. The Morgan fingerprint density at radius 2 is 0.894 bits per heavy atom. The molecule has 0 aromatic heterocycles. The van der Waals surface area contributed by atoms with E-state index in [1.54, 1.807) is 0 Å². The van der Waals surface area contributed by atoms with Gasteiger partial charge in [0.15, 0.2) is 8.07 Å². The van der Waals surface area contributed by atoms with Crippen molar-refractivity contribution in [2.45, 2.75) is 19.6 Å². The van der Waals surface area contributed by atoms with E-state index < -0.39 is 8.07 Å². The molecule has 5 heteroatoms. The number of rotatable bonds is 2. The second-order valence-corrected chi connectivity index (χ2v) is 17.9. The van der Waals surface area contributed by atoms with Crippen LogP contribution in [0.4, 0.5) is 17.1 Å². The summed E-state index contributed by atoms with van der Waals surface area (Å²) in [5.74, 6) is 1.95. The predicted octanol–water partition coefficient (Wildman–Crippen LogP) is 9.24. The normalized spacial score (nSPS) is 14.5. The van der Waals surface area contributed by atoms with Crippen molar-refractivity contribution in [1.82, 2.24) is 0 Å². The number of nitrogens with zero attached hydrogens (tertiary/aromatic N) is 1. The van der Waals surface area contributed by atoms with Gasteiger partial charge in [-0.2, -0.15) is 0 Å². The zero-order valence-electron chi connectivity index (χ0n) is 25.3. The van der Waals surface area contributed by atoms with E-state index >= 15 is 0 Å². The van der Waals surface area contributed by atoms with Gasteiger partial charge in [0.1, 0.15) is 11.5 Å². The molecule has 0 aliphatic carbocycles. The summed E-state index contributed by atoms with van der Waals surface area (Å²) in [5.41, 5.74) is 6.05. The quantitative estimate of drug-likeness (QED) is 0.172. The van der Waals surface area contributed by atoms with Crippen molar-refractivity contribution in [2.75, 3.05) is 4.90 Å². The summed E-state index contributed by atoms with van der Waals surface area (Å²) in [7, 11) is -2.69. The number of hydrogen-bond acceptors (Lipinski definition) is 4. The van der Waals surface area contributed by atoms with Gasteiger partial charge < -0.3 is 9.64 Å². The smallest absolute Gasteiger partial charge is 0.190 e. The topological polar surface area (TPSA) is 12.5 Å². The fraction of sp³-hybridized carbons (Fsp3) is 0. The number of para-hydroxylation sites is 4. The van der Waals surface area contributed by atoms with E-state index in [-0.39, 0.29) is 0 Å². The lowest BCUT2D eigenvalue weighted by Gasteiger charge is -2.43. The third-order valence-electron chi connectivity index (χ3n) is 9.59. The van der Waals surface area contributed by atoms with E-state index in [4.69, 9.17) is 4.74 Å². The Balaban J connectivity index is 1.15. The van der Waals surface area contributed by atoms with E-state index in [0.29, 0.717) is 0 Å². The van der Waals surface area contributed by atoms with Crippen LogP contribution in [0.2, 0.25) is 0 Å². The van der Waals surface area contributed by atoms with Gasteiger partial charge in [0.2, 0.25) is 0 Å². The molecule has 2 nitrogen and oxygen atoms in total. The standard InChI is InChI=1S/C42H27NOS2Si/c1-5-15-35-31(11-1)43(32-12-2-6-16-36(32)45-35)30-24-21-28(22-25-30)29-23-26-38-42(27-29)47(41-20-10-7-17-37(41)46-38)39-18-8-3-13-33(39)44-34-14-4-9-19-40(34)47/h1-27H. The third-order valence-corrected chi connectivity index (χ3v) is 17.1. The fourth-order valence-electron chi connectivity index (χ4n) is 7.58. The first-order chi connectivity index (χ1) is 23.3. The minimum Gasteiger partial charge on any atom is -0.458 e. The van der Waals surface area contributed by atoms with Gasteiger partial charge in [-0.3, -0.25) is 0 Å². The van der Waals surface area contributed by atoms with Crippen molar-refractivity contribution in [1.29, 1.82) is 0 Å². The second-order valence-electron chi connectivity index (χ2n) is 12.1. The molecule has 3 aliphatic rings. The van der Waals surface area contributed by atoms with E-state index in [1.807, 2.05) is 23.5 Å². The van der Waals surface area contributed by atoms with Crippen LogP contribution in [0.15, 0.2) is 183 Å². The van der Waals surface area contributed by atoms with Crippen molar-refractivity contribution in [2.24, 2.45) is 0 Å². The summed E-state index contributed by atoms with van der Waals surface area (Å²) in [6, 6.07) is 60.1. The molecule has 0 atom stereocenters. The van der Waals surface area contributed by atoms with Crippen LogP contribution in [0.25, 0.3) is 11.1 Å². The van der Waals surface area contributed by atoms with Crippen LogP contribution in [0.1, 0.15) is 0 Å². The van der Waals surface area contributed by atoms with Gasteiger partial charge in [0.25, 0.3) is 0 Å². The molecule has 0 saturated heterocycles. The number of fused-ring (bicyclic) bond motifs is 10.